The summed E-state index contributed by atoms with van der Waals surface area (Å²) in [5, 5.41) is 0. The lowest BCUT2D eigenvalue weighted by atomic mass is 9.92. The lowest BCUT2D eigenvalue weighted by molar-refractivity contribution is 0.551. The van der Waals surface area contributed by atoms with Crippen molar-refractivity contribution < 1.29 is 0 Å². The van der Waals surface area contributed by atoms with Gasteiger partial charge in [-0.05, 0) is 11.8 Å². The van der Waals surface area contributed by atoms with Crippen molar-refractivity contribution in [1.82, 2.24) is 9.97 Å². The molecule has 1 atom stereocenters. The number of rotatable bonds is 1. The molecule has 1 unspecified atom stereocenters. The van der Waals surface area contributed by atoms with Crippen LogP contribution in [-0.2, 0) is 5.41 Å². The van der Waals surface area contributed by atoms with Gasteiger partial charge in [-0.25, -0.2) is 4.98 Å². The van der Waals surface area contributed by atoms with E-state index in [-0.39, 0.29) is 11.0 Å². The highest BCUT2D eigenvalue weighted by Crippen LogP contribution is 2.57. The van der Waals surface area contributed by atoms with E-state index < -0.39 is 0 Å². The molecule has 1 aliphatic carbocycles. The first-order valence-corrected chi connectivity index (χ1v) is 5.82. The summed E-state index contributed by atoms with van der Waals surface area (Å²) < 4.78 is 0. The topological polar surface area (TPSA) is 45.8 Å². The first-order chi connectivity index (χ1) is 7.20. The van der Waals surface area contributed by atoms with E-state index in [1.165, 1.54) is 0 Å². The smallest absolute Gasteiger partial charge is 0.251 e. The normalized spacial score (nSPS) is 23.2. The van der Waals surface area contributed by atoms with Crippen molar-refractivity contribution in [3.05, 3.63) is 27.9 Å². The molecule has 1 fully saturated rings. The Bertz CT molecular complexity index is 466. The van der Waals surface area contributed by atoms with Gasteiger partial charge in [0.2, 0.25) is 0 Å². The van der Waals surface area contributed by atoms with E-state index in [0.717, 1.165) is 17.9 Å². The maximum atomic E-state index is 11.6. The van der Waals surface area contributed by atoms with E-state index in [1.807, 2.05) is 0 Å². The second-order valence-corrected chi connectivity index (χ2v) is 6.51. The van der Waals surface area contributed by atoms with Gasteiger partial charge in [0.25, 0.3) is 5.56 Å². The van der Waals surface area contributed by atoms with Gasteiger partial charge >= 0.3 is 0 Å². The van der Waals surface area contributed by atoms with Gasteiger partial charge in [0, 0.05) is 17.4 Å². The molecule has 0 aliphatic heterocycles. The molecule has 88 valence electrons. The molecule has 2 rings (SSSR count). The molecule has 0 spiro atoms. The molecule has 0 aromatic carbocycles. The van der Waals surface area contributed by atoms with Gasteiger partial charge in [0.05, 0.1) is 5.69 Å². The van der Waals surface area contributed by atoms with Crippen LogP contribution >= 0.6 is 0 Å². The maximum Gasteiger partial charge on any atom is 0.251 e. The van der Waals surface area contributed by atoms with Gasteiger partial charge in [0.1, 0.15) is 5.82 Å². The van der Waals surface area contributed by atoms with Gasteiger partial charge in [-0.3, -0.25) is 4.79 Å². The van der Waals surface area contributed by atoms with Gasteiger partial charge in [0.15, 0.2) is 0 Å². The van der Waals surface area contributed by atoms with Crippen molar-refractivity contribution in [2.24, 2.45) is 5.41 Å². The minimum atomic E-state index is -0.0674. The number of aromatic amines is 1. The summed E-state index contributed by atoms with van der Waals surface area (Å²) in [5.74, 6) is 1.28. The van der Waals surface area contributed by atoms with E-state index in [0.29, 0.717) is 11.3 Å². The molecule has 1 saturated carbocycles. The first kappa shape index (κ1) is 11.4. The number of nitrogens with one attached hydrogen (secondary N) is 1. The second-order valence-electron chi connectivity index (χ2n) is 6.51. The fourth-order valence-corrected chi connectivity index (χ4v) is 1.96. The van der Waals surface area contributed by atoms with Crippen molar-refractivity contribution in [2.75, 3.05) is 0 Å². The summed E-state index contributed by atoms with van der Waals surface area (Å²) in [6.45, 7) is 10.7. The van der Waals surface area contributed by atoms with Crippen LogP contribution < -0.4 is 5.56 Å². The predicted octanol–water partition coefficient (Wildman–Crippen LogP) is 2.58. The van der Waals surface area contributed by atoms with Crippen LogP contribution in [0.25, 0.3) is 0 Å². The van der Waals surface area contributed by atoms with Crippen LogP contribution in [0.2, 0.25) is 0 Å². The highest BCUT2D eigenvalue weighted by atomic mass is 16.1. The number of H-pyrrole nitrogens is 1. The molecular formula is C13H20N2O. The van der Waals surface area contributed by atoms with Crippen molar-refractivity contribution in [3.8, 4) is 0 Å². The molecular weight excluding hydrogens is 200 g/mol. The van der Waals surface area contributed by atoms with E-state index in [2.05, 4.69) is 44.6 Å². The average Bonchev–Trinajstić information content (AvgIpc) is 2.72. The van der Waals surface area contributed by atoms with Crippen LogP contribution in [-0.4, -0.2) is 9.97 Å². The fraction of sp³-hybridized carbons (Fsp3) is 0.692. The quantitative estimate of drug-likeness (QED) is 0.790. The molecule has 3 heteroatoms. The third-order valence-corrected chi connectivity index (χ3v) is 3.37. The van der Waals surface area contributed by atoms with E-state index in [4.69, 9.17) is 0 Å². The Balaban J connectivity index is 2.42. The summed E-state index contributed by atoms with van der Waals surface area (Å²) in [6, 6.07) is 1.61. The zero-order valence-electron chi connectivity index (χ0n) is 10.7. The van der Waals surface area contributed by atoms with Gasteiger partial charge in [-0.2, -0.15) is 0 Å². The maximum absolute atomic E-state index is 11.6. The molecule has 0 saturated heterocycles. The largest absolute Gasteiger partial charge is 0.310 e. The summed E-state index contributed by atoms with van der Waals surface area (Å²) in [6.07, 6.45) is 1.11. The minimum absolute atomic E-state index is 0.0300. The van der Waals surface area contributed by atoms with Crippen LogP contribution in [0.1, 0.15) is 58.5 Å². The first-order valence-electron chi connectivity index (χ1n) is 5.82. The standard InChI is InChI=1S/C13H20N2O/c1-12(2,3)9-6-10(16)15-11(14-9)8-7-13(8,4)5/h6,8H,7H2,1-5H3,(H,14,15,16). The van der Waals surface area contributed by atoms with Gasteiger partial charge in [-0.1, -0.05) is 34.6 Å². The number of nitrogens with zero attached hydrogens (tertiary/aromatic N) is 1. The van der Waals surface area contributed by atoms with Crippen LogP contribution in [0.3, 0.4) is 0 Å². The van der Waals surface area contributed by atoms with Gasteiger partial charge < -0.3 is 4.98 Å². The molecule has 1 aromatic rings. The zero-order chi connectivity index (χ0) is 12.1. The molecule has 1 aromatic heterocycles. The molecule has 0 amide bonds. The molecule has 1 heterocycles. The Labute approximate surface area is 96.3 Å². The van der Waals surface area contributed by atoms with Gasteiger partial charge in [-0.15, -0.1) is 0 Å². The third kappa shape index (κ3) is 2.04. The highest BCUT2D eigenvalue weighted by Gasteiger charge is 2.48. The molecule has 1 aliphatic rings. The number of aromatic nitrogens is 2. The van der Waals surface area contributed by atoms with Crippen LogP contribution in [0, 0.1) is 5.41 Å². The molecule has 1 N–H and O–H groups in total. The Morgan fingerprint density at radius 2 is 2.00 bits per heavy atom. The zero-order valence-corrected chi connectivity index (χ0v) is 10.7. The number of hydrogen-bond donors (Lipinski definition) is 1. The van der Waals surface area contributed by atoms with Crippen molar-refractivity contribution >= 4 is 0 Å². The summed E-state index contributed by atoms with van der Waals surface area (Å²) >= 11 is 0. The monoisotopic (exact) mass is 220 g/mol. The lowest BCUT2D eigenvalue weighted by Crippen LogP contribution is -2.21. The molecule has 16 heavy (non-hydrogen) atoms. The Kier molecular flexibility index (Phi) is 2.26. The molecule has 3 nitrogen and oxygen atoms in total. The summed E-state index contributed by atoms with van der Waals surface area (Å²) in [4.78, 5) is 19.1. The predicted molar refractivity (Wildman–Crippen MR) is 64.7 cm³/mol. The summed E-state index contributed by atoms with van der Waals surface area (Å²) in [7, 11) is 0. The molecule has 0 bridgehead atoms. The highest BCUT2D eigenvalue weighted by molar-refractivity contribution is 5.20. The van der Waals surface area contributed by atoms with Crippen molar-refractivity contribution in [1.29, 1.82) is 0 Å². The Morgan fingerprint density at radius 1 is 1.44 bits per heavy atom. The third-order valence-electron chi connectivity index (χ3n) is 3.37. The molecule has 0 radical (unpaired) electrons. The SMILES string of the molecule is CC(C)(C)c1cc(=O)[nH]c(C2CC2(C)C)n1. The van der Waals surface area contributed by atoms with Crippen LogP contribution in [0.4, 0.5) is 0 Å². The second kappa shape index (κ2) is 3.19. The van der Waals surface area contributed by atoms with E-state index >= 15 is 0 Å². The van der Waals surface area contributed by atoms with Crippen molar-refractivity contribution in [3.63, 3.8) is 0 Å². The fourth-order valence-electron chi connectivity index (χ4n) is 1.96. The van der Waals surface area contributed by atoms with E-state index in [1.54, 1.807) is 6.07 Å². The Morgan fingerprint density at radius 3 is 2.44 bits per heavy atom. The Hall–Kier alpha value is -1.12. The van der Waals surface area contributed by atoms with Crippen molar-refractivity contribution in [2.45, 2.75) is 52.4 Å². The number of hydrogen-bond acceptors (Lipinski definition) is 2. The van der Waals surface area contributed by atoms with Crippen LogP contribution in [0.5, 0.6) is 0 Å². The minimum Gasteiger partial charge on any atom is -0.310 e. The average molecular weight is 220 g/mol. The van der Waals surface area contributed by atoms with E-state index in [9.17, 15) is 4.79 Å². The summed E-state index contributed by atoms with van der Waals surface area (Å²) in [5.41, 5.74) is 1.08. The van der Waals surface area contributed by atoms with Crippen LogP contribution in [0.15, 0.2) is 10.9 Å². The lowest BCUT2D eigenvalue weighted by Gasteiger charge is -2.18.